The zero-order valence-electron chi connectivity index (χ0n) is 29.1. The lowest BCUT2D eigenvalue weighted by Crippen LogP contribution is -2.06. The molecule has 0 saturated heterocycles. The Morgan fingerprint density at radius 2 is 0.964 bits per heavy atom. The number of aromatic nitrogens is 5. The lowest BCUT2D eigenvalue weighted by Gasteiger charge is -2.14. The number of rotatable bonds is 4. The molecular weight excluding hydrogens is 679 g/mol. The monoisotopic (exact) mass is 705 g/mol. The van der Waals surface area contributed by atoms with Crippen molar-refractivity contribution in [3.8, 4) is 39.9 Å². The summed E-state index contributed by atoms with van der Waals surface area (Å²) in [6.07, 6.45) is 1.76. The Hall–Kier alpha value is -7.64. The molecule has 0 aliphatic rings. The molecule has 0 aliphatic carbocycles. The molecule has 0 aliphatic heterocycles. The number of para-hydroxylation sites is 4. The van der Waals surface area contributed by atoms with E-state index in [1.54, 1.807) is 6.20 Å². The predicted molar refractivity (Wildman–Crippen MR) is 220 cm³/mol. The van der Waals surface area contributed by atoms with Crippen LogP contribution in [0.1, 0.15) is 0 Å². The molecule has 256 valence electrons. The molecule has 12 rings (SSSR count). The first-order chi connectivity index (χ1) is 27.3. The van der Waals surface area contributed by atoms with Crippen LogP contribution >= 0.6 is 0 Å². The Labute approximate surface area is 312 Å². The molecule has 0 N–H and O–H groups in total. The van der Waals surface area contributed by atoms with Crippen LogP contribution in [-0.4, -0.2) is 24.5 Å². The van der Waals surface area contributed by atoms with E-state index in [9.17, 15) is 0 Å². The standard InChI is InChI=1S/C48H27N5O2/c1-2-13-29-28(12-1)30(33-17-9-18-34-36-20-11-27-49-47(36)55-44(33)34)25-26-35(29)45-50-46(38-19-10-24-42-43(38)37-16-5-8-23-41(37)54-42)52-48(51-45)53-39-21-6-3-14-31(39)32-15-4-7-22-40(32)53/h1-27H. The van der Waals surface area contributed by atoms with Gasteiger partial charge in [-0.2, -0.15) is 9.97 Å². The Morgan fingerprint density at radius 1 is 0.382 bits per heavy atom. The van der Waals surface area contributed by atoms with Gasteiger partial charge in [0.25, 0.3) is 0 Å². The molecule has 0 amide bonds. The van der Waals surface area contributed by atoms with E-state index < -0.39 is 0 Å². The maximum absolute atomic E-state index is 6.40. The van der Waals surface area contributed by atoms with Crippen molar-refractivity contribution >= 4 is 76.6 Å². The number of benzene rings is 7. The summed E-state index contributed by atoms with van der Waals surface area (Å²) in [5.41, 5.74) is 8.90. The lowest BCUT2D eigenvalue weighted by molar-refractivity contribution is 0.655. The van der Waals surface area contributed by atoms with Crippen molar-refractivity contribution in [3.05, 3.63) is 164 Å². The molecule has 5 aromatic heterocycles. The molecular formula is C48H27N5O2. The smallest absolute Gasteiger partial charge is 0.238 e. The minimum absolute atomic E-state index is 0.537. The zero-order valence-corrected chi connectivity index (χ0v) is 29.1. The highest BCUT2D eigenvalue weighted by Crippen LogP contribution is 2.42. The maximum atomic E-state index is 6.40. The number of fused-ring (bicyclic) bond motifs is 10. The second-order valence-corrected chi connectivity index (χ2v) is 13.8. The van der Waals surface area contributed by atoms with Crippen LogP contribution in [0, 0.1) is 0 Å². The summed E-state index contributed by atoms with van der Waals surface area (Å²) in [7, 11) is 0. The van der Waals surface area contributed by atoms with Crippen molar-refractivity contribution in [1.29, 1.82) is 0 Å². The van der Waals surface area contributed by atoms with Crippen LogP contribution < -0.4 is 0 Å². The fourth-order valence-corrected chi connectivity index (χ4v) is 8.38. The van der Waals surface area contributed by atoms with E-state index in [1.807, 2.05) is 36.4 Å². The Kier molecular flexibility index (Phi) is 6.21. The summed E-state index contributed by atoms with van der Waals surface area (Å²) in [5, 5.41) is 8.36. The molecule has 7 heteroatoms. The molecule has 12 aromatic rings. The van der Waals surface area contributed by atoms with E-state index >= 15 is 0 Å². The molecule has 55 heavy (non-hydrogen) atoms. The van der Waals surface area contributed by atoms with E-state index in [0.717, 1.165) is 93.1 Å². The summed E-state index contributed by atoms with van der Waals surface area (Å²) < 4.78 is 14.9. The van der Waals surface area contributed by atoms with Crippen LogP contribution in [0.5, 0.6) is 0 Å². The normalized spacial score (nSPS) is 12.0. The molecule has 0 unspecified atom stereocenters. The summed E-state index contributed by atoms with van der Waals surface area (Å²) in [5.74, 6) is 1.67. The van der Waals surface area contributed by atoms with E-state index in [4.69, 9.17) is 23.8 Å². The largest absolute Gasteiger partial charge is 0.456 e. The first-order valence-corrected chi connectivity index (χ1v) is 18.2. The van der Waals surface area contributed by atoms with Crippen molar-refractivity contribution in [2.24, 2.45) is 0 Å². The van der Waals surface area contributed by atoms with Gasteiger partial charge in [0, 0.05) is 55.2 Å². The summed E-state index contributed by atoms with van der Waals surface area (Å²) in [4.78, 5) is 20.4. The highest BCUT2D eigenvalue weighted by atomic mass is 16.3. The lowest BCUT2D eigenvalue weighted by atomic mass is 9.93. The van der Waals surface area contributed by atoms with Gasteiger partial charge in [0.1, 0.15) is 16.7 Å². The molecule has 5 heterocycles. The van der Waals surface area contributed by atoms with Gasteiger partial charge in [-0.25, -0.2) is 9.97 Å². The van der Waals surface area contributed by atoms with Gasteiger partial charge in [0.15, 0.2) is 11.6 Å². The molecule has 0 radical (unpaired) electrons. The molecule has 0 spiro atoms. The van der Waals surface area contributed by atoms with Gasteiger partial charge >= 0.3 is 0 Å². The maximum Gasteiger partial charge on any atom is 0.238 e. The average molecular weight is 706 g/mol. The minimum atomic E-state index is 0.537. The number of hydrogen-bond acceptors (Lipinski definition) is 6. The number of hydrogen-bond donors (Lipinski definition) is 0. The van der Waals surface area contributed by atoms with Crippen LogP contribution in [0.2, 0.25) is 0 Å². The second-order valence-electron chi connectivity index (χ2n) is 13.8. The van der Waals surface area contributed by atoms with Crippen LogP contribution in [-0.2, 0) is 0 Å². The minimum Gasteiger partial charge on any atom is -0.456 e. The second kappa shape index (κ2) is 11.4. The van der Waals surface area contributed by atoms with Crippen LogP contribution in [0.15, 0.2) is 173 Å². The Bertz CT molecular complexity index is 3470. The Balaban J connectivity index is 1.15. The van der Waals surface area contributed by atoms with Crippen LogP contribution in [0.4, 0.5) is 0 Å². The van der Waals surface area contributed by atoms with Gasteiger partial charge in [-0.05, 0) is 58.8 Å². The summed E-state index contributed by atoms with van der Waals surface area (Å²) in [6.45, 7) is 0. The highest BCUT2D eigenvalue weighted by molar-refractivity contribution is 6.14. The van der Waals surface area contributed by atoms with Gasteiger partial charge in [-0.3, -0.25) is 4.57 Å². The van der Waals surface area contributed by atoms with Gasteiger partial charge in [0.05, 0.1) is 11.0 Å². The third-order valence-electron chi connectivity index (χ3n) is 10.8. The van der Waals surface area contributed by atoms with Crippen molar-refractivity contribution in [1.82, 2.24) is 24.5 Å². The van der Waals surface area contributed by atoms with Crippen LogP contribution in [0.3, 0.4) is 0 Å². The van der Waals surface area contributed by atoms with Gasteiger partial charge in [-0.1, -0.05) is 115 Å². The third kappa shape index (κ3) is 4.38. The van der Waals surface area contributed by atoms with E-state index in [1.165, 1.54) is 0 Å². The van der Waals surface area contributed by atoms with Crippen molar-refractivity contribution < 1.29 is 8.83 Å². The van der Waals surface area contributed by atoms with Crippen LogP contribution in [0.25, 0.3) is 116 Å². The van der Waals surface area contributed by atoms with Gasteiger partial charge in [-0.15, -0.1) is 0 Å². The molecule has 0 saturated carbocycles. The predicted octanol–water partition coefficient (Wildman–Crippen LogP) is 12.3. The number of pyridine rings is 1. The van der Waals surface area contributed by atoms with Gasteiger partial charge in [0.2, 0.25) is 11.7 Å². The fraction of sp³-hybridized carbons (Fsp3) is 0. The van der Waals surface area contributed by atoms with Crippen molar-refractivity contribution in [2.45, 2.75) is 0 Å². The molecule has 0 atom stereocenters. The molecule has 0 fully saturated rings. The highest BCUT2D eigenvalue weighted by Gasteiger charge is 2.22. The van der Waals surface area contributed by atoms with Gasteiger partial charge < -0.3 is 8.83 Å². The first-order valence-electron chi connectivity index (χ1n) is 18.2. The summed E-state index contributed by atoms with van der Waals surface area (Å²) >= 11 is 0. The van der Waals surface area contributed by atoms with E-state index in [-0.39, 0.29) is 0 Å². The Morgan fingerprint density at radius 3 is 1.76 bits per heavy atom. The average Bonchev–Trinajstić information content (AvgIpc) is 3.93. The van der Waals surface area contributed by atoms with E-state index in [2.05, 4.69) is 131 Å². The van der Waals surface area contributed by atoms with Crippen molar-refractivity contribution in [2.75, 3.05) is 0 Å². The molecule has 0 bridgehead atoms. The number of nitrogens with zero attached hydrogens (tertiary/aromatic N) is 5. The zero-order chi connectivity index (χ0) is 36.0. The number of furan rings is 2. The third-order valence-corrected chi connectivity index (χ3v) is 10.8. The fourth-order valence-electron chi connectivity index (χ4n) is 8.38. The topological polar surface area (TPSA) is 82.8 Å². The van der Waals surface area contributed by atoms with E-state index in [0.29, 0.717) is 23.3 Å². The quantitative estimate of drug-likeness (QED) is 0.181. The summed E-state index contributed by atoms with van der Waals surface area (Å²) in [6, 6.07) is 54.0. The molecule has 7 aromatic carbocycles. The van der Waals surface area contributed by atoms with Crippen molar-refractivity contribution in [3.63, 3.8) is 0 Å². The SMILES string of the molecule is c1ccc2c(c1)oc1cccc(-c3nc(-c4ccc(-c5cccc6c5oc5ncccc56)c5ccccc45)nc(-n4c5ccccc5c5ccccc54)n3)c12. The first kappa shape index (κ1) is 29.9. The molecule has 7 nitrogen and oxygen atoms in total.